The maximum atomic E-state index is 5.42. The first kappa shape index (κ1) is 13.0. The van der Waals surface area contributed by atoms with E-state index in [-0.39, 0.29) is 5.92 Å². The van der Waals surface area contributed by atoms with Gasteiger partial charge < -0.3 is 14.2 Å². The lowest BCUT2D eigenvalue weighted by molar-refractivity contribution is 0.394. The summed E-state index contributed by atoms with van der Waals surface area (Å²) in [6.07, 6.45) is 0.929. The van der Waals surface area contributed by atoms with Crippen molar-refractivity contribution in [3.05, 3.63) is 35.2 Å². The first-order chi connectivity index (χ1) is 9.69. The third-order valence-electron chi connectivity index (χ3n) is 3.66. The van der Waals surface area contributed by atoms with Gasteiger partial charge in [0.05, 0.1) is 7.11 Å². The summed E-state index contributed by atoms with van der Waals surface area (Å²) in [4.78, 5) is 6.59. The van der Waals surface area contributed by atoms with Crippen LogP contribution in [0.2, 0.25) is 0 Å². The van der Waals surface area contributed by atoms with Gasteiger partial charge in [0.25, 0.3) is 0 Å². The number of hydrogen-bond acceptors (Lipinski definition) is 5. The van der Waals surface area contributed by atoms with Crippen LogP contribution in [0.25, 0.3) is 0 Å². The Morgan fingerprint density at radius 1 is 1.35 bits per heavy atom. The van der Waals surface area contributed by atoms with E-state index in [0.717, 1.165) is 31.1 Å². The zero-order valence-corrected chi connectivity index (χ0v) is 12.1. The Bertz CT molecular complexity index is 607. The molecule has 0 radical (unpaired) electrons. The van der Waals surface area contributed by atoms with Crippen LogP contribution in [0.1, 0.15) is 36.7 Å². The largest absolute Gasteiger partial charge is 0.496 e. The number of hydrogen-bond donors (Lipinski definition) is 0. The summed E-state index contributed by atoms with van der Waals surface area (Å²) in [5, 5.41) is 4.03. The minimum absolute atomic E-state index is 0.282. The monoisotopic (exact) mass is 273 g/mol. The molecule has 0 saturated heterocycles. The molecule has 0 spiro atoms. The lowest BCUT2D eigenvalue weighted by Gasteiger charge is -2.27. The zero-order valence-electron chi connectivity index (χ0n) is 12.1. The summed E-state index contributed by atoms with van der Waals surface area (Å²) in [6, 6.07) is 6.78. The number of methoxy groups -OCH3 is 1. The van der Waals surface area contributed by atoms with Gasteiger partial charge in [-0.05, 0) is 18.1 Å². The molecule has 5 nitrogen and oxygen atoms in total. The Morgan fingerprint density at radius 2 is 2.20 bits per heavy atom. The van der Waals surface area contributed by atoms with Crippen molar-refractivity contribution in [1.82, 2.24) is 10.1 Å². The molecule has 0 atom stereocenters. The average Bonchev–Trinajstić information content (AvgIpc) is 2.96. The third kappa shape index (κ3) is 2.24. The molecule has 20 heavy (non-hydrogen) atoms. The minimum atomic E-state index is 0.282. The van der Waals surface area contributed by atoms with Crippen molar-refractivity contribution in [2.45, 2.75) is 32.7 Å². The smallest absolute Gasteiger partial charge is 0.324 e. The third-order valence-corrected chi connectivity index (χ3v) is 3.66. The van der Waals surface area contributed by atoms with Gasteiger partial charge >= 0.3 is 6.01 Å². The fourth-order valence-corrected chi connectivity index (χ4v) is 2.52. The first-order valence-electron chi connectivity index (χ1n) is 6.92. The van der Waals surface area contributed by atoms with Crippen molar-refractivity contribution in [3.8, 4) is 5.75 Å². The SMILES string of the molecule is COc1cccc2c1CCN(c1nc(C(C)C)no1)C2. The normalized spacial score (nSPS) is 14.5. The minimum Gasteiger partial charge on any atom is -0.496 e. The molecule has 1 aromatic heterocycles. The highest BCUT2D eigenvalue weighted by Crippen LogP contribution is 2.30. The predicted molar refractivity (Wildman–Crippen MR) is 76.1 cm³/mol. The van der Waals surface area contributed by atoms with Gasteiger partial charge in [-0.1, -0.05) is 31.1 Å². The van der Waals surface area contributed by atoms with Crippen molar-refractivity contribution in [1.29, 1.82) is 0 Å². The lowest BCUT2D eigenvalue weighted by Crippen LogP contribution is -2.30. The average molecular weight is 273 g/mol. The Kier molecular flexibility index (Phi) is 3.34. The molecule has 2 heterocycles. The van der Waals surface area contributed by atoms with Crippen molar-refractivity contribution in [3.63, 3.8) is 0 Å². The van der Waals surface area contributed by atoms with Crippen LogP contribution in [-0.2, 0) is 13.0 Å². The topological polar surface area (TPSA) is 51.4 Å². The van der Waals surface area contributed by atoms with Crippen molar-refractivity contribution >= 4 is 6.01 Å². The number of nitrogens with zero attached hydrogens (tertiary/aromatic N) is 3. The summed E-state index contributed by atoms with van der Waals surface area (Å²) >= 11 is 0. The van der Waals surface area contributed by atoms with Crippen LogP contribution in [0.3, 0.4) is 0 Å². The summed E-state index contributed by atoms with van der Waals surface area (Å²) in [5.41, 5.74) is 2.55. The van der Waals surface area contributed by atoms with E-state index in [1.165, 1.54) is 11.1 Å². The van der Waals surface area contributed by atoms with E-state index in [4.69, 9.17) is 9.26 Å². The van der Waals surface area contributed by atoms with E-state index in [1.807, 2.05) is 12.1 Å². The highest BCUT2D eigenvalue weighted by atomic mass is 16.5. The quantitative estimate of drug-likeness (QED) is 0.860. The molecular weight excluding hydrogens is 254 g/mol. The number of benzene rings is 1. The maximum absolute atomic E-state index is 5.42. The molecule has 0 aliphatic carbocycles. The van der Waals surface area contributed by atoms with Crippen LogP contribution in [0.5, 0.6) is 5.75 Å². The van der Waals surface area contributed by atoms with Gasteiger partial charge in [0.2, 0.25) is 0 Å². The number of ether oxygens (including phenoxy) is 1. The van der Waals surface area contributed by atoms with E-state index < -0.39 is 0 Å². The lowest BCUT2D eigenvalue weighted by atomic mass is 9.99. The van der Waals surface area contributed by atoms with Crippen LogP contribution in [-0.4, -0.2) is 23.8 Å². The molecule has 0 saturated carbocycles. The highest BCUT2D eigenvalue weighted by Gasteiger charge is 2.23. The molecule has 0 unspecified atom stereocenters. The van der Waals surface area contributed by atoms with Crippen molar-refractivity contribution < 1.29 is 9.26 Å². The van der Waals surface area contributed by atoms with E-state index in [2.05, 4.69) is 35.0 Å². The highest BCUT2D eigenvalue weighted by molar-refractivity contribution is 5.45. The second kappa shape index (κ2) is 5.15. The second-order valence-electron chi connectivity index (χ2n) is 5.36. The molecule has 1 aliphatic heterocycles. The van der Waals surface area contributed by atoms with Crippen LogP contribution in [0.15, 0.2) is 22.7 Å². The van der Waals surface area contributed by atoms with Crippen LogP contribution in [0, 0.1) is 0 Å². The molecule has 5 heteroatoms. The van der Waals surface area contributed by atoms with Crippen LogP contribution in [0.4, 0.5) is 6.01 Å². The van der Waals surface area contributed by atoms with Crippen LogP contribution >= 0.6 is 0 Å². The predicted octanol–water partition coefficient (Wildman–Crippen LogP) is 2.76. The molecule has 0 amide bonds. The van der Waals surface area contributed by atoms with E-state index in [1.54, 1.807) is 7.11 Å². The van der Waals surface area contributed by atoms with Gasteiger partial charge in [0.1, 0.15) is 5.75 Å². The van der Waals surface area contributed by atoms with Crippen molar-refractivity contribution in [2.24, 2.45) is 0 Å². The Balaban J connectivity index is 1.84. The number of anilines is 1. The van der Waals surface area contributed by atoms with Crippen molar-refractivity contribution in [2.75, 3.05) is 18.6 Å². The molecule has 1 aromatic carbocycles. The van der Waals surface area contributed by atoms with E-state index in [9.17, 15) is 0 Å². The standard InChI is InChI=1S/C15H19N3O2/c1-10(2)14-16-15(20-17-14)18-8-7-12-11(9-18)5-4-6-13(12)19-3/h4-6,10H,7-9H2,1-3H3. The maximum Gasteiger partial charge on any atom is 0.324 e. The van der Waals surface area contributed by atoms with Gasteiger partial charge in [-0.15, -0.1) is 0 Å². The summed E-state index contributed by atoms with van der Waals surface area (Å²) in [5.74, 6) is 2.01. The summed E-state index contributed by atoms with van der Waals surface area (Å²) in [7, 11) is 1.72. The molecule has 0 N–H and O–H groups in total. The number of aromatic nitrogens is 2. The number of rotatable bonds is 3. The zero-order chi connectivity index (χ0) is 14.1. The molecule has 2 aromatic rings. The van der Waals surface area contributed by atoms with Gasteiger partial charge in [-0.2, -0.15) is 4.98 Å². The Labute approximate surface area is 118 Å². The van der Waals surface area contributed by atoms with Gasteiger partial charge in [-0.3, -0.25) is 0 Å². The molecule has 3 rings (SSSR count). The van der Waals surface area contributed by atoms with Gasteiger partial charge in [0, 0.05) is 24.6 Å². The molecule has 106 valence electrons. The number of fused-ring (bicyclic) bond motifs is 1. The van der Waals surface area contributed by atoms with Crippen LogP contribution < -0.4 is 9.64 Å². The summed E-state index contributed by atoms with van der Waals surface area (Å²) < 4.78 is 10.8. The Morgan fingerprint density at radius 3 is 2.90 bits per heavy atom. The fourth-order valence-electron chi connectivity index (χ4n) is 2.52. The molecule has 0 bridgehead atoms. The fraction of sp³-hybridized carbons (Fsp3) is 0.467. The van der Waals surface area contributed by atoms with E-state index in [0.29, 0.717) is 6.01 Å². The van der Waals surface area contributed by atoms with Gasteiger partial charge in [0.15, 0.2) is 5.82 Å². The second-order valence-corrected chi connectivity index (χ2v) is 5.36. The van der Waals surface area contributed by atoms with Gasteiger partial charge in [-0.25, -0.2) is 0 Å². The molecular formula is C15H19N3O2. The Hall–Kier alpha value is -2.04. The molecule has 0 fully saturated rings. The molecule has 1 aliphatic rings. The first-order valence-corrected chi connectivity index (χ1v) is 6.92. The van der Waals surface area contributed by atoms with E-state index >= 15 is 0 Å². The summed E-state index contributed by atoms with van der Waals surface area (Å²) in [6.45, 7) is 5.77.